The monoisotopic (exact) mass is 493 g/mol. The van der Waals surface area contributed by atoms with Crippen molar-refractivity contribution in [3.63, 3.8) is 0 Å². The van der Waals surface area contributed by atoms with Crippen LogP contribution in [0.15, 0.2) is 71.1 Å². The quantitative estimate of drug-likeness (QED) is 0.477. The molecule has 0 aromatic heterocycles. The minimum absolute atomic E-state index is 0.0225. The average Bonchev–Trinajstić information content (AvgIpc) is 2.87. The molecule has 0 bridgehead atoms. The number of nitrogens with one attached hydrogen (secondary N) is 1. The Kier molecular flexibility index (Phi) is 7.24. The van der Waals surface area contributed by atoms with E-state index in [0.717, 1.165) is 5.56 Å². The summed E-state index contributed by atoms with van der Waals surface area (Å²) in [4.78, 5) is 39.6. The summed E-state index contributed by atoms with van der Waals surface area (Å²) in [5, 5.41) is 3.17. The molecular weight excluding hydrogens is 465 g/mol. The SMILES string of the molecule is COC(=O)[C@@H]1C(=O)C2=C(C[C@@H]1C)NC(C)=C(C(=O)OCc1ccc(OC)cc1)[C@@H]2c1ccccc1F. The number of methoxy groups -OCH3 is 2. The predicted molar refractivity (Wildman–Crippen MR) is 129 cm³/mol. The number of esters is 2. The molecule has 7 nitrogen and oxygen atoms in total. The zero-order chi connectivity index (χ0) is 26.0. The van der Waals surface area contributed by atoms with Crippen LogP contribution in [0.4, 0.5) is 4.39 Å². The maximum Gasteiger partial charge on any atom is 0.337 e. The van der Waals surface area contributed by atoms with Crippen molar-refractivity contribution in [1.82, 2.24) is 5.32 Å². The van der Waals surface area contributed by atoms with Crippen molar-refractivity contribution in [2.75, 3.05) is 14.2 Å². The van der Waals surface area contributed by atoms with Gasteiger partial charge in [0.1, 0.15) is 24.1 Å². The van der Waals surface area contributed by atoms with E-state index in [1.165, 1.54) is 19.2 Å². The number of Topliss-reactive ketones (excluding diaryl/α,β-unsaturated/α-hetero) is 1. The topological polar surface area (TPSA) is 90.9 Å². The van der Waals surface area contributed by atoms with E-state index in [2.05, 4.69) is 5.32 Å². The third kappa shape index (κ3) is 4.63. The van der Waals surface area contributed by atoms with Crippen molar-refractivity contribution in [3.8, 4) is 5.75 Å². The first kappa shape index (κ1) is 25.2. The second-order valence-corrected chi connectivity index (χ2v) is 8.98. The first-order chi connectivity index (χ1) is 17.3. The number of allylic oxidation sites excluding steroid dienone is 3. The van der Waals surface area contributed by atoms with E-state index in [9.17, 15) is 14.4 Å². The lowest BCUT2D eigenvalue weighted by Crippen LogP contribution is -2.43. The van der Waals surface area contributed by atoms with Crippen molar-refractivity contribution in [2.45, 2.75) is 32.8 Å². The van der Waals surface area contributed by atoms with E-state index < -0.39 is 35.4 Å². The van der Waals surface area contributed by atoms with Gasteiger partial charge in [0, 0.05) is 22.5 Å². The molecule has 1 heterocycles. The highest BCUT2D eigenvalue weighted by molar-refractivity contribution is 6.12. The molecule has 0 saturated carbocycles. The Balaban J connectivity index is 1.73. The van der Waals surface area contributed by atoms with Crippen LogP contribution in [-0.4, -0.2) is 31.9 Å². The first-order valence-electron chi connectivity index (χ1n) is 11.6. The average molecular weight is 494 g/mol. The molecule has 0 amide bonds. The number of hydrogen-bond acceptors (Lipinski definition) is 7. The lowest BCUT2D eigenvalue weighted by molar-refractivity contribution is -0.151. The fraction of sp³-hybridized carbons (Fsp3) is 0.321. The Morgan fingerprint density at radius 2 is 1.78 bits per heavy atom. The largest absolute Gasteiger partial charge is 0.497 e. The maximum atomic E-state index is 15.1. The number of benzene rings is 2. The number of rotatable bonds is 6. The minimum atomic E-state index is -1.04. The Hall–Kier alpha value is -3.94. The van der Waals surface area contributed by atoms with E-state index in [4.69, 9.17) is 14.2 Å². The molecule has 2 aromatic rings. The van der Waals surface area contributed by atoms with E-state index in [1.54, 1.807) is 57.4 Å². The third-order valence-corrected chi connectivity index (χ3v) is 6.71. The van der Waals surface area contributed by atoms with Crippen molar-refractivity contribution in [2.24, 2.45) is 11.8 Å². The molecular formula is C28H28FNO6. The van der Waals surface area contributed by atoms with Crippen LogP contribution < -0.4 is 10.1 Å². The molecule has 0 spiro atoms. The summed E-state index contributed by atoms with van der Waals surface area (Å²) in [6.45, 7) is 3.47. The highest BCUT2D eigenvalue weighted by atomic mass is 19.1. The van der Waals surface area contributed by atoms with E-state index >= 15 is 4.39 Å². The zero-order valence-electron chi connectivity index (χ0n) is 20.6. The Labute approximate surface area is 208 Å². The molecule has 36 heavy (non-hydrogen) atoms. The number of ketones is 1. The Morgan fingerprint density at radius 1 is 1.08 bits per heavy atom. The van der Waals surface area contributed by atoms with Gasteiger partial charge in [-0.1, -0.05) is 37.3 Å². The van der Waals surface area contributed by atoms with Crippen LogP contribution in [0, 0.1) is 17.7 Å². The third-order valence-electron chi connectivity index (χ3n) is 6.71. The molecule has 0 saturated heterocycles. The normalized spacial score (nSPS) is 21.5. The molecule has 8 heteroatoms. The molecule has 4 rings (SSSR count). The van der Waals surface area contributed by atoms with Crippen molar-refractivity contribution in [3.05, 3.63) is 88.0 Å². The fourth-order valence-corrected chi connectivity index (χ4v) is 4.92. The number of carbonyl (C=O) groups is 3. The summed E-state index contributed by atoms with van der Waals surface area (Å²) in [6.07, 6.45) is 0.372. The van der Waals surface area contributed by atoms with Crippen LogP contribution in [0.25, 0.3) is 0 Å². The molecule has 1 aliphatic heterocycles. The smallest absolute Gasteiger partial charge is 0.337 e. The van der Waals surface area contributed by atoms with Crippen molar-refractivity contribution >= 4 is 17.7 Å². The van der Waals surface area contributed by atoms with Gasteiger partial charge in [-0.3, -0.25) is 9.59 Å². The molecule has 188 valence electrons. The summed E-state index contributed by atoms with van der Waals surface area (Å²) < 4.78 is 30.8. The second kappa shape index (κ2) is 10.4. The van der Waals surface area contributed by atoms with Gasteiger partial charge in [0.05, 0.1) is 25.7 Å². The van der Waals surface area contributed by atoms with E-state index in [-0.39, 0.29) is 29.2 Å². The number of ether oxygens (including phenoxy) is 3. The summed E-state index contributed by atoms with van der Waals surface area (Å²) in [5.41, 5.74) is 2.26. The van der Waals surface area contributed by atoms with Crippen LogP contribution in [-0.2, 0) is 30.5 Å². The molecule has 2 aromatic carbocycles. The molecule has 0 fully saturated rings. The lowest BCUT2D eigenvalue weighted by atomic mass is 9.69. The Morgan fingerprint density at radius 3 is 2.42 bits per heavy atom. The molecule has 1 N–H and O–H groups in total. The number of carbonyl (C=O) groups excluding carboxylic acids is 3. The Bertz CT molecular complexity index is 1260. The van der Waals surface area contributed by atoms with Crippen LogP contribution in [0.5, 0.6) is 5.75 Å². The second-order valence-electron chi connectivity index (χ2n) is 8.98. The van der Waals surface area contributed by atoms with Gasteiger partial charge < -0.3 is 19.5 Å². The summed E-state index contributed by atoms with van der Waals surface area (Å²) >= 11 is 0. The van der Waals surface area contributed by atoms with Crippen LogP contribution in [0.2, 0.25) is 0 Å². The van der Waals surface area contributed by atoms with Crippen LogP contribution in [0.1, 0.15) is 37.3 Å². The standard InChI is InChI=1S/C28H28FNO6/c1-15-13-21-25(26(31)22(15)27(32)35-4)24(19-7-5-6-8-20(19)29)23(16(2)30-21)28(33)36-14-17-9-11-18(34-3)12-10-17/h5-12,15,22,24,30H,13-14H2,1-4H3/t15-,22-,24-/m0/s1. The lowest BCUT2D eigenvalue weighted by Gasteiger charge is -2.38. The van der Waals surface area contributed by atoms with Gasteiger partial charge in [0.15, 0.2) is 5.78 Å². The molecule has 3 atom stereocenters. The first-order valence-corrected chi connectivity index (χ1v) is 11.6. The molecule has 2 aliphatic rings. The zero-order valence-corrected chi connectivity index (χ0v) is 20.6. The van der Waals surface area contributed by atoms with Crippen LogP contribution >= 0.6 is 0 Å². The predicted octanol–water partition coefficient (Wildman–Crippen LogP) is 4.19. The van der Waals surface area contributed by atoms with Gasteiger partial charge in [-0.05, 0) is 43.0 Å². The van der Waals surface area contributed by atoms with Crippen molar-refractivity contribution < 1.29 is 33.0 Å². The number of hydrogen-bond donors (Lipinski definition) is 1. The number of dihydropyridines is 1. The summed E-state index contributed by atoms with van der Waals surface area (Å²) in [7, 11) is 2.79. The fourth-order valence-electron chi connectivity index (χ4n) is 4.92. The number of halogens is 1. The van der Waals surface area contributed by atoms with E-state index in [0.29, 0.717) is 23.6 Å². The van der Waals surface area contributed by atoms with Crippen LogP contribution in [0.3, 0.4) is 0 Å². The minimum Gasteiger partial charge on any atom is -0.497 e. The highest BCUT2D eigenvalue weighted by Crippen LogP contribution is 2.46. The highest BCUT2D eigenvalue weighted by Gasteiger charge is 2.47. The van der Waals surface area contributed by atoms with Gasteiger partial charge in [-0.15, -0.1) is 0 Å². The van der Waals surface area contributed by atoms with Crippen molar-refractivity contribution in [1.29, 1.82) is 0 Å². The van der Waals surface area contributed by atoms with Gasteiger partial charge in [-0.2, -0.15) is 0 Å². The van der Waals surface area contributed by atoms with Gasteiger partial charge >= 0.3 is 11.9 Å². The summed E-state index contributed by atoms with van der Waals surface area (Å²) in [5.74, 6) is -4.11. The van der Waals surface area contributed by atoms with Gasteiger partial charge in [-0.25, -0.2) is 9.18 Å². The van der Waals surface area contributed by atoms with Gasteiger partial charge in [0.2, 0.25) is 0 Å². The molecule has 0 radical (unpaired) electrons. The maximum absolute atomic E-state index is 15.1. The molecule has 0 unspecified atom stereocenters. The summed E-state index contributed by atoms with van der Waals surface area (Å²) in [6, 6.07) is 13.1. The molecule has 1 aliphatic carbocycles. The van der Waals surface area contributed by atoms with E-state index in [1.807, 2.05) is 0 Å². The van der Waals surface area contributed by atoms with Gasteiger partial charge in [0.25, 0.3) is 0 Å².